The number of hydrogen-bond acceptors (Lipinski definition) is 23. The molecule has 25 heteroatoms. The van der Waals surface area contributed by atoms with Gasteiger partial charge in [0, 0.05) is 0 Å². The van der Waals surface area contributed by atoms with Crippen LogP contribution in [-0.2, 0) is 76.5 Å². The van der Waals surface area contributed by atoms with Gasteiger partial charge in [-0.05, 0) is 103 Å². The first-order valence-corrected chi connectivity index (χ1v) is 21.9. The number of esters is 8. The molecule has 4 rings (SSSR count). The van der Waals surface area contributed by atoms with Crippen LogP contribution in [-0.4, -0.2) is 121 Å². The maximum Gasteiger partial charge on any atom is 0.349 e. The first kappa shape index (κ1) is 56.1. The molecular weight excluding hydrogens is 961 g/mol. The third kappa shape index (κ3) is 19.1. The Hall–Kier alpha value is -8.48. The van der Waals surface area contributed by atoms with Crippen molar-refractivity contribution in [3.05, 3.63) is 104 Å². The monoisotopic (exact) mass is 1010 g/mol. The molecule has 3 atom stereocenters. The number of unbranched alkanes of at least 4 members (excludes halogenated alkanes) is 2. The summed E-state index contributed by atoms with van der Waals surface area (Å²) in [6, 6.07) is 19.1. The van der Waals surface area contributed by atoms with E-state index in [1.165, 1.54) is 24.3 Å². The van der Waals surface area contributed by atoms with Gasteiger partial charge in [0.25, 0.3) is 10.2 Å². The summed E-state index contributed by atoms with van der Waals surface area (Å²) in [5.74, 6) is -9.14. The normalized spacial score (nSPS) is 12.4. The number of rotatable bonds is 29. The minimum absolute atomic E-state index is 0.0373. The number of fused-ring (bicyclic) bond motifs is 2. The predicted octanol–water partition coefficient (Wildman–Crippen LogP) is 4.09. The topological polar surface area (TPSA) is 335 Å². The van der Waals surface area contributed by atoms with Gasteiger partial charge in [0.1, 0.15) is 11.5 Å². The molecule has 0 aliphatic heterocycles. The van der Waals surface area contributed by atoms with Crippen LogP contribution >= 0.6 is 0 Å². The van der Waals surface area contributed by atoms with Crippen LogP contribution in [0.3, 0.4) is 0 Å². The van der Waals surface area contributed by atoms with Gasteiger partial charge in [0.15, 0.2) is 32.0 Å². The number of ether oxygens (including phenoxy) is 8. The Morgan fingerprint density at radius 3 is 1.42 bits per heavy atom. The lowest BCUT2D eigenvalue weighted by molar-refractivity contribution is -0.757. The van der Waals surface area contributed by atoms with Gasteiger partial charge < -0.3 is 52.7 Å². The van der Waals surface area contributed by atoms with Crippen molar-refractivity contribution >= 4 is 69.3 Å². The van der Waals surface area contributed by atoms with Gasteiger partial charge in [-0.3, -0.25) is 14.4 Å². The van der Waals surface area contributed by atoms with Gasteiger partial charge in [-0.25, -0.2) is 24.0 Å². The Bertz CT molecular complexity index is 2630. The van der Waals surface area contributed by atoms with Crippen molar-refractivity contribution in [1.82, 2.24) is 0 Å². The number of carbonyl (C=O) groups excluding carboxylic acids is 8. The van der Waals surface area contributed by atoms with Crippen LogP contribution in [0.4, 0.5) is 0 Å². The van der Waals surface area contributed by atoms with Crippen molar-refractivity contribution in [1.29, 1.82) is 0 Å². The number of carbonyl (C=O) groups is 8. The Morgan fingerprint density at radius 2 is 0.903 bits per heavy atom. The lowest BCUT2D eigenvalue weighted by Gasteiger charge is -2.20. The second-order valence-corrected chi connectivity index (χ2v) is 15.8. The van der Waals surface area contributed by atoms with Crippen LogP contribution < -0.4 is 9.47 Å². The lowest BCUT2D eigenvalue weighted by atomic mass is 9.98. The van der Waals surface area contributed by atoms with Crippen LogP contribution in [0.15, 0.2) is 72.8 Å². The molecule has 0 amide bonds. The fourth-order valence-electron chi connectivity index (χ4n) is 6.22. The van der Waals surface area contributed by atoms with Crippen molar-refractivity contribution < 1.29 is 101 Å². The predicted molar refractivity (Wildman–Crippen MR) is 241 cm³/mol. The Balaban J connectivity index is 1.16. The molecular formula is C47H50N2O23. The molecule has 0 spiro atoms. The third-order valence-corrected chi connectivity index (χ3v) is 10.1. The molecule has 0 aliphatic rings. The van der Waals surface area contributed by atoms with E-state index in [0.717, 1.165) is 6.92 Å². The SMILES string of the molecule is CC(C(=O)OCC(=O)OCCCCO[N+](=O)[O-])c1ccc2cc(OC(=O)COC(=O)C(C)(O)CC(=O)OCC(=O)Oc3ccc4ccc(C(C)C(=O)OCC(=O)OCCCCO[N+](=O)[O-])cc4c3)ccc2c1. The summed E-state index contributed by atoms with van der Waals surface area (Å²) < 4.78 is 40.3. The van der Waals surface area contributed by atoms with Crippen LogP contribution in [0.1, 0.15) is 75.8 Å². The molecule has 0 radical (unpaired) electrons. The van der Waals surface area contributed by atoms with Gasteiger partial charge in [-0.1, -0.05) is 48.5 Å². The van der Waals surface area contributed by atoms with Gasteiger partial charge >= 0.3 is 47.8 Å². The van der Waals surface area contributed by atoms with Crippen LogP contribution in [0, 0.1) is 20.2 Å². The summed E-state index contributed by atoms with van der Waals surface area (Å²) >= 11 is 0. The van der Waals surface area contributed by atoms with Gasteiger partial charge in [-0.15, -0.1) is 20.2 Å². The highest BCUT2D eigenvalue weighted by Crippen LogP contribution is 2.28. The number of aliphatic hydroxyl groups is 1. The number of hydrogen-bond donors (Lipinski definition) is 1. The zero-order chi connectivity index (χ0) is 52.8. The smallest absolute Gasteiger partial charge is 0.349 e. The fraction of sp³-hybridized carbons (Fsp3) is 0.404. The molecule has 4 aromatic rings. The van der Waals surface area contributed by atoms with E-state index in [0.29, 0.717) is 45.5 Å². The van der Waals surface area contributed by atoms with Gasteiger partial charge in [0.05, 0.1) is 44.7 Å². The fourth-order valence-corrected chi connectivity index (χ4v) is 6.22. The van der Waals surface area contributed by atoms with Crippen LogP contribution in [0.5, 0.6) is 11.5 Å². The molecule has 386 valence electrons. The molecule has 1 N–H and O–H groups in total. The first-order chi connectivity index (χ1) is 34.2. The molecule has 0 heterocycles. The van der Waals surface area contributed by atoms with E-state index in [2.05, 4.69) is 9.68 Å². The minimum atomic E-state index is -2.49. The van der Waals surface area contributed by atoms with Crippen LogP contribution in [0.25, 0.3) is 21.5 Å². The summed E-state index contributed by atoms with van der Waals surface area (Å²) in [6.45, 7) is 0.525. The molecule has 0 saturated carbocycles. The zero-order valence-corrected chi connectivity index (χ0v) is 39.1. The highest BCUT2D eigenvalue weighted by molar-refractivity contribution is 5.91. The summed E-state index contributed by atoms with van der Waals surface area (Å²) in [4.78, 5) is 128. The van der Waals surface area contributed by atoms with E-state index in [9.17, 15) is 63.7 Å². The molecule has 4 aromatic carbocycles. The Kier molecular flexibility index (Phi) is 21.5. The summed E-state index contributed by atoms with van der Waals surface area (Å²) in [6.07, 6.45) is 0.200. The molecule has 3 unspecified atom stereocenters. The molecule has 25 nitrogen and oxygen atoms in total. The van der Waals surface area contributed by atoms with E-state index in [1.54, 1.807) is 62.4 Å². The van der Waals surface area contributed by atoms with E-state index in [-0.39, 0.29) is 50.8 Å². The second kappa shape index (κ2) is 27.6. The Morgan fingerprint density at radius 1 is 0.500 bits per heavy atom. The summed E-state index contributed by atoms with van der Waals surface area (Å²) in [5.41, 5.74) is -1.44. The van der Waals surface area contributed by atoms with Crippen molar-refractivity contribution in [2.24, 2.45) is 0 Å². The lowest BCUT2D eigenvalue weighted by Crippen LogP contribution is -2.40. The maximum absolute atomic E-state index is 12.7. The third-order valence-electron chi connectivity index (χ3n) is 10.1. The summed E-state index contributed by atoms with van der Waals surface area (Å²) in [5, 5.41) is 31.6. The van der Waals surface area contributed by atoms with Crippen molar-refractivity contribution in [2.45, 2.75) is 70.3 Å². The number of nitrogens with zero attached hydrogens (tertiary/aromatic N) is 2. The first-order valence-electron chi connectivity index (χ1n) is 21.9. The van der Waals surface area contributed by atoms with Crippen molar-refractivity contribution in [3.63, 3.8) is 0 Å². The summed E-state index contributed by atoms with van der Waals surface area (Å²) in [7, 11) is 0. The second-order valence-electron chi connectivity index (χ2n) is 15.8. The van der Waals surface area contributed by atoms with E-state index < -0.39 is 108 Å². The maximum atomic E-state index is 12.7. The van der Waals surface area contributed by atoms with Crippen LogP contribution in [0.2, 0.25) is 0 Å². The molecule has 0 aliphatic carbocycles. The average Bonchev–Trinajstić information content (AvgIpc) is 3.34. The van der Waals surface area contributed by atoms with E-state index >= 15 is 0 Å². The molecule has 0 saturated heterocycles. The molecule has 72 heavy (non-hydrogen) atoms. The number of benzene rings is 4. The van der Waals surface area contributed by atoms with E-state index in [4.69, 9.17) is 37.9 Å². The largest absolute Gasteiger partial charge is 0.463 e. The standard InChI is InChI=1S/C47H50N2O23/c1-29(44(55)66-25-40(51)63-16-4-6-18-69-48(59)60)32-10-11-35-22-37(15-13-34(35)20-32)71-43(54)28-68-46(57)47(3,58)24-39(50)65-27-42(53)72-38-14-12-31-8-9-33(21-36(31)23-38)30(2)45(56)67-26-41(52)64-17-5-7-19-70-49(61)62/h8-15,20-23,29-30,58H,4-7,16-19,24-28H2,1-3H3. The highest BCUT2D eigenvalue weighted by Gasteiger charge is 2.36. The van der Waals surface area contributed by atoms with Crippen molar-refractivity contribution in [2.75, 3.05) is 52.9 Å². The minimum Gasteiger partial charge on any atom is -0.463 e. The molecule has 0 fully saturated rings. The quantitative estimate of drug-likeness (QED) is 0.0200. The van der Waals surface area contributed by atoms with E-state index in [1.807, 2.05) is 0 Å². The van der Waals surface area contributed by atoms with Gasteiger partial charge in [0.2, 0.25) is 0 Å². The van der Waals surface area contributed by atoms with Gasteiger partial charge in [-0.2, -0.15) is 0 Å². The molecule has 0 aromatic heterocycles. The highest BCUT2D eigenvalue weighted by atomic mass is 17.0. The Labute approximate surface area is 408 Å². The molecule has 0 bridgehead atoms. The average molecular weight is 1010 g/mol. The van der Waals surface area contributed by atoms with Crippen molar-refractivity contribution in [3.8, 4) is 11.5 Å². The zero-order valence-electron chi connectivity index (χ0n) is 39.1.